The van der Waals surface area contributed by atoms with Gasteiger partial charge in [-0.3, -0.25) is 14.2 Å². The number of carbonyl (C=O) groups is 1. The highest BCUT2D eigenvalue weighted by atomic mass is 32.2. The van der Waals surface area contributed by atoms with Gasteiger partial charge in [0.1, 0.15) is 0 Å². The first kappa shape index (κ1) is 18.2. The summed E-state index contributed by atoms with van der Waals surface area (Å²) >= 11 is 1.25. The minimum absolute atomic E-state index is 0.108. The summed E-state index contributed by atoms with van der Waals surface area (Å²) < 4.78 is 1.49. The van der Waals surface area contributed by atoms with E-state index in [1.165, 1.54) is 21.9 Å². The summed E-state index contributed by atoms with van der Waals surface area (Å²) in [5.41, 5.74) is 2.49. The molecule has 1 aromatic heterocycles. The summed E-state index contributed by atoms with van der Waals surface area (Å²) in [5.74, 6) is 0.459. The van der Waals surface area contributed by atoms with Gasteiger partial charge in [-0.2, -0.15) is 0 Å². The van der Waals surface area contributed by atoms with Gasteiger partial charge < -0.3 is 5.32 Å². The Morgan fingerprint density at radius 3 is 2.73 bits per heavy atom. The van der Waals surface area contributed by atoms with E-state index in [9.17, 15) is 9.59 Å². The molecule has 134 valence electrons. The van der Waals surface area contributed by atoms with Crippen LogP contribution in [0.15, 0.2) is 58.5 Å². The maximum absolute atomic E-state index is 12.4. The monoisotopic (exact) mass is 367 g/mol. The van der Waals surface area contributed by atoms with Crippen molar-refractivity contribution in [2.24, 2.45) is 7.05 Å². The van der Waals surface area contributed by atoms with Crippen LogP contribution in [-0.4, -0.2) is 21.2 Å². The van der Waals surface area contributed by atoms with Gasteiger partial charge in [-0.05, 0) is 35.7 Å². The van der Waals surface area contributed by atoms with Gasteiger partial charge in [0.25, 0.3) is 5.56 Å². The van der Waals surface area contributed by atoms with E-state index >= 15 is 0 Å². The molecule has 0 aliphatic rings. The maximum Gasteiger partial charge on any atom is 0.261 e. The molecule has 0 fully saturated rings. The number of hydrogen-bond acceptors (Lipinski definition) is 4. The van der Waals surface area contributed by atoms with Gasteiger partial charge in [0, 0.05) is 12.7 Å². The second kappa shape index (κ2) is 7.74. The van der Waals surface area contributed by atoms with Crippen LogP contribution in [0.2, 0.25) is 0 Å². The molecule has 0 atom stereocenters. The number of carbonyl (C=O) groups excluding carboxylic acids is 1. The molecule has 0 saturated heterocycles. The molecule has 0 bridgehead atoms. The van der Waals surface area contributed by atoms with Gasteiger partial charge in [-0.25, -0.2) is 4.98 Å². The van der Waals surface area contributed by atoms with Crippen molar-refractivity contribution in [2.45, 2.75) is 24.9 Å². The molecule has 0 saturated carbocycles. The van der Waals surface area contributed by atoms with E-state index in [0.29, 0.717) is 22.0 Å². The van der Waals surface area contributed by atoms with Crippen LogP contribution in [0.25, 0.3) is 10.9 Å². The number of anilines is 1. The van der Waals surface area contributed by atoms with E-state index < -0.39 is 0 Å². The first-order valence-electron chi connectivity index (χ1n) is 8.44. The molecular formula is C20H21N3O2S. The second-order valence-corrected chi connectivity index (χ2v) is 7.34. The van der Waals surface area contributed by atoms with Gasteiger partial charge in [-0.1, -0.05) is 49.9 Å². The quantitative estimate of drug-likeness (QED) is 0.550. The van der Waals surface area contributed by atoms with Crippen LogP contribution < -0.4 is 10.9 Å². The molecule has 3 rings (SSSR count). The summed E-state index contributed by atoms with van der Waals surface area (Å²) in [6, 6.07) is 15.1. The highest BCUT2D eigenvalue weighted by Crippen LogP contribution is 2.20. The van der Waals surface area contributed by atoms with Crippen LogP contribution >= 0.6 is 11.8 Å². The zero-order valence-electron chi connectivity index (χ0n) is 15.0. The standard InChI is InChI=1S/C20H21N3O2S/c1-13(2)14-7-6-8-15(11-14)21-18(24)12-26-20-22-17-10-5-4-9-16(17)19(25)23(20)3/h4-11,13H,12H2,1-3H3,(H,21,24). The molecule has 0 unspecified atom stereocenters. The van der Waals surface area contributed by atoms with Crippen molar-refractivity contribution in [2.75, 3.05) is 11.1 Å². The molecule has 0 aliphatic heterocycles. The summed E-state index contributed by atoms with van der Waals surface area (Å²) in [4.78, 5) is 29.2. The summed E-state index contributed by atoms with van der Waals surface area (Å²) in [6.45, 7) is 4.23. The predicted molar refractivity (Wildman–Crippen MR) is 107 cm³/mol. The lowest BCUT2D eigenvalue weighted by Crippen LogP contribution is -2.21. The number of rotatable bonds is 5. The van der Waals surface area contributed by atoms with Gasteiger partial charge in [0.15, 0.2) is 5.16 Å². The average molecular weight is 367 g/mol. The Kier molecular flexibility index (Phi) is 5.42. The van der Waals surface area contributed by atoms with E-state index in [0.717, 1.165) is 5.69 Å². The van der Waals surface area contributed by atoms with Crippen molar-refractivity contribution < 1.29 is 4.79 Å². The smallest absolute Gasteiger partial charge is 0.261 e. The lowest BCUT2D eigenvalue weighted by Gasteiger charge is -2.10. The maximum atomic E-state index is 12.4. The number of para-hydroxylation sites is 1. The molecular weight excluding hydrogens is 346 g/mol. The van der Waals surface area contributed by atoms with E-state index in [2.05, 4.69) is 24.1 Å². The number of aromatic nitrogens is 2. The number of nitrogens with zero attached hydrogens (tertiary/aromatic N) is 2. The van der Waals surface area contributed by atoms with Gasteiger partial charge in [0.2, 0.25) is 5.91 Å². The minimum atomic E-state index is -0.127. The van der Waals surface area contributed by atoms with Crippen LogP contribution in [0.4, 0.5) is 5.69 Å². The number of fused-ring (bicyclic) bond motifs is 1. The molecule has 1 N–H and O–H groups in total. The zero-order chi connectivity index (χ0) is 18.7. The van der Waals surface area contributed by atoms with Crippen molar-refractivity contribution in [3.05, 3.63) is 64.4 Å². The third-order valence-corrected chi connectivity index (χ3v) is 5.14. The fourth-order valence-corrected chi connectivity index (χ4v) is 3.40. The third-order valence-electron chi connectivity index (χ3n) is 4.11. The molecule has 1 heterocycles. The van der Waals surface area contributed by atoms with Crippen LogP contribution in [0, 0.1) is 0 Å². The fourth-order valence-electron chi connectivity index (χ4n) is 2.63. The van der Waals surface area contributed by atoms with Crippen molar-refractivity contribution in [1.29, 1.82) is 0 Å². The van der Waals surface area contributed by atoms with E-state index in [4.69, 9.17) is 0 Å². The van der Waals surface area contributed by atoms with Crippen molar-refractivity contribution in [3.8, 4) is 0 Å². The molecule has 26 heavy (non-hydrogen) atoms. The highest BCUT2D eigenvalue weighted by Gasteiger charge is 2.11. The Balaban J connectivity index is 1.72. The predicted octanol–water partition coefficient (Wildman–Crippen LogP) is 3.79. The SMILES string of the molecule is CC(C)c1cccc(NC(=O)CSc2nc3ccccc3c(=O)n2C)c1. The lowest BCUT2D eigenvalue weighted by atomic mass is 10.0. The molecule has 1 amide bonds. The minimum Gasteiger partial charge on any atom is -0.325 e. The Morgan fingerprint density at radius 2 is 1.96 bits per heavy atom. The van der Waals surface area contributed by atoms with Crippen LogP contribution in [0.5, 0.6) is 0 Å². The molecule has 5 nitrogen and oxygen atoms in total. The largest absolute Gasteiger partial charge is 0.325 e. The summed E-state index contributed by atoms with van der Waals surface area (Å²) in [7, 11) is 1.67. The van der Waals surface area contributed by atoms with E-state index in [1.807, 2.05) is 36.4 Å². The normalized spacial score (nSPS) is 11.1. The molecule has 0 aliphatic carbocycles. The Morgan fingerprint density at radius 1 is 1.19 bits per heavy atom. The molecule has 0 radical (unpaired) electrons. The molecule has 0 spiro atoms. The molecule has 3 aromatic rings. The van der Waals surface area contributed by atoms with E-state index in [1.54, 1.807) is 19.2 Å². The fraction of sp³-hybridized carbons (Fsp3) is 0.250. The van der Waals surface area contributed by atoms with Crippen molar-refractivity contribution >= 4 is 34.3 Å². The van der Waals surface area contributed by atoms with Gasteiger partial charge >= 0.3 is 0 Å². The number of benzene rings is 2. The number of thioether (sulfide) groups is 1. The van der Waals surface area contributed by atoms with Crippen LogP contribution in [0.3, 0.4) is 0 Å². The molecule has 6 heteroatoms. The first-order valence-corrected chi connectivity index (χ1v) is 9.42. The van der Waals surface area contributed by atoms with Crippen molar-refractivity contribution in [1.82, 2.24) is 9.55 Å². The second-order valence-electron chi connectivity index (χ2n) is 6.39. The average Bonchev–Trinajstić information content (AvgIpc) is 2.63. The topological polar surface area (TPSA) is 64.0 Å². The third kappa shape index (κ3) is 3.96. The zero-order valence-corrected chi connectivity index (χ0v) is 15.8. The van der Waals surface area contributed by atoms with Gasteiger partial charge in [0.05, 0.1) is 16.7 Å². The Labute approximate surface area is 156 Å². The molecule has 2 aromatic carbocycles. The highest BCUT2D eigenvalue weighted by molar-refractivity contribution is 7.99. The summed E-state index contributed by atoms with van der Waals surface area (Å²) in [6.07, 6.45) is 0. The van der Waals surface area contributed by atoms with Crippen LogP contribution in [-0.2, 0) is 11.8 Å². The van der Waals surface area contributed by atoms with Crippen LogP contribution in [0.1, 0.15) is 25.3 Å². The number of hydrogen-bond donors (Lipinski definition) is 1. The number of nitrogens with one attached hydrogen (secondary N) is 1. The van der Waals surface area contributed by atoms with Gasteiger partial charge in [-0.15, -0.1) is 0 Å². The Bertz CT molecular complexity index is 1010. The Hall–Kier alpha value is -2.60. The van der Waals surface area contributed by atoms with E-state index in [-0.39, 0.29) is 17.2 Å². The first-order chi connectivity index (χ1) is 12.5. The number of amides is 1. The lowest BCUT2D eigenvalue weighted by molar-refractivity contribution is -0.113. The summed E-state index contributed by atoms with van der Waals surface area (Å²) in [5, 5.41) is 4.01. The van der Waals surface area contributed by atoms with Crippen molar-refractivity contribution in [3.63, 3.8) is 0 Å².